The van der Waals surface area contributed by atoms with E-state index in [-0.39, 0.29) is 16.5 Å². The molecule has 1 atom stereocenters. The van der Waals surface area contributed by atoms with Crippen molar-refractivity contribution in [1.29, 1.82) is 5.26 Å². The summed E-state index contributed by atoms with van der Waals surface area (Å²) in [5.41, 5.74) is 6.41. The first-order chi connectivity index (χ1) is 13.5. The van der Waals surface area contributed by atoms with Crippen molar-refractivity contribution in [2.75, 3.05) is 12.0 Å². The van der Waals surface area contributed by atoms with Gasteiger partial charge in [-0.15, -0.1) is 0 Å². The van der Waals surface area contributed by atoms with Crippen molar-refractivity contribution in [1.82, 2.24) is 0 Å². The number of rotatable bonds is 5. The molecule has 2 amide bonds. The molecule has 0 radical (unpaired) electrons. The third kappa shape index (κ3) is 3.84. The van der Waals surface area contributed by atoms with Crippen LogP contribution in [0.5, 0.6) is 5.75 Å². The molecular weight excluding hydrogens is 398 g/mol. The lowest BCUT2D eigenvalue weighted by atomic mass is 10.1. The molecule has 0 spiro atoms. The number of amides is 2. The highest BCUT2D eigenvalue weighted by molar-refractivity contribution is 8.05. The number of anilines is 1. The van der Waals surface area contributed by atoms with E-state index >= 15 is 0 Å². The zero-order valence-electron chi connectivity index (χ0n) is 14.9. The molecule has 3 rings (SSSR count). The van der Waals surface area contributed by atoms with Gasteiger partial charge in [0.2, 0.25) is 5.91 Å². The Kier molecular flexibility index (Phi) is 5.93. The lowest BCUT2D eigenvalue weighted by Gasteiger charge is -2.19. The van der Waals surface area contributed by atoms with Gasteiger partial charge in [-0.05, 0) is 30.2 Å². The molecule has 0 aromatic heterocycles. The number of benzene rings is 2. The van der Waals surface area contributed by atoms with Crippen LogP contribution < -0.4 is 15.4 Å². The summed E-state index contributed by atoms with van der Waals surface area (Å²) in [5, 5.41) is 9.64. The van der Waals surface area contributed by atoms with E-state index in [1.54, 1.807) is 30.3 Å². The maximum atomic E-state index is 13.2. The van der Waals surface area contributed by atoms with E-state index in [1.807, 2.05) is 24.3 Å². The second-order valence-electron chi connectivity index (χ2n) is 5.93. The number of carbonyl (C=O) groups excluding carboxylic acids is 2. The number of primary amides is 1. The van der Waals surface area contributed by atoms with Gasteiger partial charge in [0.25, 0.3) is 5.91 Å². The maximum Gasteiger partial charge on any atom is 0.262 e. The Bertz CT molecular complexity index is 1020. The first-order valence-electron chi connectivity index (χ1n) is 8.28. The van der Waals surface area contributed by atoms with Gasteiger partial charge in [-0.3, -0.25) is 14.5 Å². The summed E-state index contributed by atoms with van der Waals surface area (Å²) < 4.78 is 5.22. The van der Waals surface area contributed by atoms with Crippen LogP contribution in [0.25, 0.3) is 0 Å². The van der Waals surface area contributed by atoms with E-state index in [2.05, 4.69) is 0 Å². The Hall–Kier alpha value is -2.95. The largest absolute Gasteiger partial charge is 0.497 e. The number of ether oxygens (including phenoxy) is 1. The number of nitrogens with zero attached hydrogens (tertiary/aromatic N) is 2. The number of methoxy groups -OCH3 is 1. The van der Waals surface area contributed by atoms with Gasteiger partial charge in [0, 0.05) is 11.1 Å². The van der Waals surface area contributed by atoms with Gasteiger partial charge in [-0.2, -0.15) is 5.26 Å². The Balaban J connectivity index is 2.06. The quantitative estimate of drug-likeness (QED) is 0.599. The Morgan fingerprint density at radius 3 is 2.71 bits per heavy atom. The van der Waals surface area contributed by atoms with Gasteiger partial charge >= 0.3 is 0 Å². The van der Waals surface area contributed by atoms with Crippen LogP contribution in [0.15, 0.2) is 59.1 Å². The fourth-order valence-electron chi connectivity index (χ4n) is 2.85. The van der Waals surface area contributed by atoms with Gasteiger partial charge < -0.3 is 10.5 Å². The van der Waals surface area contributed by atoms with Crippen molar-refractivity contribution >= 4 is 40.9 Å². The first kappa shape index (κ1) is 19.8. The van der Waals surface area contributed by atoms with Crippen LogP contribution in [0.3, 0.4) is 0 Å². The molecule has 1 aliphatic heterocycles. The number of hydrogen-bond donors (Lipinski definition) is 1. The number of hydrogen-bond acceptors (Lipinski definition) is 5. The van der Waals surface area contributed by atoms with Gasteiger partial charge in [0.1, 0.15) is 22.4 Å². The topological polar surface area (TPSA) is 96.4 Å². The molecule has 0 unspecified atom stereocenters. The number of thioether (sulfide) groups is 1. The molecule has 0 saturated carbocycles. The van der Waals surface area contributed by atoms with E-state index in [4.69, 9.17) is 22.1 Å². The van der Waals surface area contributed by atoms with Crippen LogP contribution in [0.2, 0.25) is 5.02 Å². The smallest absolute Gasteiger partial charge is 0.262 e. The summed E-state index contributed by atoms with van der Waals surface area (Å²) in [7, 11) is 1.51. The molecule has 142 valence electrons. The van der Waals surface area contributed by atoms with Crippen LogP contribution in [0, 0.1) is 11.3 Å². The summed E-state index contributed by atoms with van der Waals surface area (Å²) in [5.74, 6) is -0.604. The van der Waals surface area contributed by atoms with Crippen molar-refractivity contribution < 1.29 is 14.3 Å². The van der Waals surface area contributed by atoms with E-state index < -0.39 is 11.2 Å². The molecule has 0 bridgehead atoms. The van der Waals surface area contributed by atoms with Crippen molar-refractivity contribution in [3.8, 4) is 11.8 Å². The molecule has 1 heterocycles. The average molecular weight is 414 g/mol. The summed E-state index contributed by atoms with van der Waals surface area (Å²) >= 11 is 7.36. The second kappa shape index (κ2) is 8.38. The average Bonchev–Trinajstić information content (AvgIpc) is 3.00. The molecule has 2 N–H and O–H groups in total. The molecule has 6 nitrogen and oxygen atoms in total. The van der Waals surface area contributed by atoms with Crippen molar-refractivity contribution in [2.24, 2.45) is 5.73 Å². The zero-order valence-corrected chi connectivity index (χ0v) is 16.5. The monoisotopic (exact) mass is 413 g/mol. The number of halogens is 1. The van der Waals surface area contributed by atoms with Crippen molar-refractivity contribution in [3.05, 3.63) is 69.7 Å². The molecule has 2 aromatic carbocycles. The van der Waals surface area contributed by atoms with Crippen molar-refractivity contribution in [2.45, 2.75) is 11.7 Å². The van der Waals surface area contributed by atoms with Gasteiger partial charge in [0.05, 0.1) is 18.0 Å². The van der Waals surface area contributed by atoms with Crippen LogP contribution in [0.1, 0.15) is 5.56 Å². The van der Waals surface area contributed by atoms with Gasteiger partial charge in [-0.1, -0.05) is 47.6 Å². The van der Waals surface area contributed by atoms with Gasteiger partial charge in [0.15, 0.2) is 0 Å². The predicted molar refractivity (Wildman–Crippen MR) is 109 cm³/mol. The summed E-state index contributed by atoms with van der Waals surface area (Å²) in [4.78, 5) is 26.3. The summed E-state index contributed by atoms with van der Waals surface area (Å²) in [6, 6.07) is 15.9. The van der Waals surface area contributed by atoms with E-state index in [9.17, 15) is 14.9 Å². The van der Waals surface area contributed by atoms with Crippen LogP contribution in [-0.2, 0) is 16.0 Å². The molecule has 1 aliphatic rings. The fraction of sp³-hybridized carbons (Fsp3) is 0.150. The highest BCUT2D eigenvalue weighted by Crippen LogP contribution is 2.42. The van der Waals surface area contributed by atoms with Crippen LogP contribution in [-0.4, -0.2) is 24.2 Å². The van der Waals surface area contributed by atoms with Crippen molar-refractivity contribution in [3.63, 3.8) is 0 Å². The molecular formula is C20H16ClN3O3S. The normalized spacial score (nSPS) is 18.0. The lowest BCUT2D eigenvalue weighted by Crippen LogP contribution is -2.31. The Morgan fingerprint density at radius 2 is 2.07 bits per heavy atom. The minimum absolute atomic E-state index is 0.213. The lowest BCUT2D eigenvalue weighted by molar-refractivity contribution is -0.117. The number of carbonyl (C=O) groups is 2. The number of nitrogens with two attached hydrogens (primary N) is 1. The van der Waals surface area contributed by atoms with E-state index in [0.717, 1.165) is 17.3 Å². The predicted octanol–water partition coefficient (Wildman–Crippen LogP) is 3.26. The maximum absolute atomic E-state index is 13.2. The minimum Gasteiger partial charge on any atom is -0.497 e. The Morgan fingerprint density at radius 1 is 1.32 bits per heavy atom. The minimum atomic E-state index is -0.885. The SMILES string of the molecule is COc1cccc(N2C(=O)[C@H](Cc3ccccc3Cl)S/C2=C(\C#N)C(N)=O)c1. The standard InChI is InChI=1S/C20H16ClN3O3S/c1-27-14-7-4-6-13(10-14)24-19(26)17(9-12-5-2-3-8-16(12)21)28-20(24)15(11-22)18(23)25/h2-8,10,17H,9H2,1H3,(H2,23,25)/b20-15+/t17-/m0/s1. The van der Waals surface area contributed by atoms with Crippen LogP contribution in [0.4, 0.5) is 5.69 Å². The molecule has 28 heavy (non-hydrogen) atoms. The highest BCUT2D eigenvalue weighted by Gasteiger charge is 2.40. The Labute approximate surface area is 171 Å². The zero-order chi connectivity index (χ0) is 20.3. The molecule has 8 heteroatoms. The van der Waals surface area contributed by atoms with Gasteiger partial charge in [-0.25, -0.2) is 0 Å². The molecule has 1 fully saturated rings. The molecule has 2 aromatic rings. The van der Waals surface area contributed by atoms with E-state index in [0.29, 0.717) is 22.9 Å². The number of nitriles is 1. The third-order valence-corrected chi connectivity index (χ3v) is 5.83. The molecule has 1 saturated heterocycles. The summed E-state index contributed by atoms with van der Waals surface area (Å²) in [6.07, 6.45) is 0.352. The van der Waals surface area contributed by atoms with Crippen LogP contribution >= 0.6 is 23.4 Å². The highest BCUT2D eigenvalue weighted by atomic mass is 35.5. The second-order valence-corrected chi connectivity index (χ2v) is 7.53. The van der Waals surface area contributed by atoms with E-state index in [1.165, 1.54) is 12.0 Å². The third-order valence-electron chi connectivity index (χ3n) is 4.20. The molecule has 0 aliphatic carbocycles. The fourth-order valence-corrected chi connectivity index (χ4v) is 4.36. The first-order valence-corrected chi connectivity index (χ1v) is 9.54. The summed E-state index contributed by atoms with van der Waals surface area (Å²) in [6.45, 7) is 0.